The molecule has 3 rings (SSSR count). The third-order valence-corrected chi connectivity index (χ3v) is 6.97. The van der Waals surface area contributed by atoms with Crippen molar-refractivity contribution in [1.29, 1.82) is 0 Å². The summed E-state index contributed by atoms with van der Waals surface area (Å²) in [5.41, 5.74) is 0.163. The number of likely N-dealkylation sites (N-methyl/N-ethyl adjacent to an activating group) is 1. The second kappa shape index (κ2) is 9.65. The zero-order chi connectivity index (χ0) is 23.5. The van der Waals surface area contributed by atoms with Crippen LogP contribution in [-0.2, 0) is 25.7 Å². The number of alkyl halides is 3. The van der Waals surface area contributed by atoms with E-state index in [9.17, 15) is 26.4 Å². The van der Waals surface area contributed by atoms with E-state index in [1.807, 2.05) is 12.1 Å². The molecule has 1 saturated heterocycles. The SMILES string of the molecule is CN(CC(=O)Nc1ccc(N2CCOCC2)cc1)S(=O)(=O)c1ccc(Cl)c(C(F)(F)F)c1. The van der Waals surface area contributed by atoms with E-state index < -0.39 is 44.1 Å². The highest BCUT2D eigenvalue weighted by molar-refractivity contribution is 7.89. The monoisotopic (exact) mass is 491 g/mol. The normalized spacial score (nSPS) is 15.1. The van der Waals surface area contributed by atoms with Gasteiger partial charge in [-0.3, -0.25) is 4.79 Å². The van der Waals surface area contributed by atoms with Gasteiger partial charge in [0, 0.05) is 31.5 Å². The van der Waals surface area contributed by atoms with Crippen LogP contribution in [0, 0.1) is 0 Å². The number of nitrogens with zero attached hydrogens (tertiary/aromatic N) is 2. The molecule has 2 aromatic carbocycles. The highest BCUT2D eigenvalue weighted by Crippen LogP contribution is 2.36. The molecule has 0 atom stereocenters. The highest BCUT2D eigenvalue weighted by Gasteiger charge is 2.35. The fourth-order valence-corrected chi connectivity index (χ4v) is 4.51. The predicted molar refractivity (Wildman–Crippen MR) is 114 cm³/mol. The summed E-state index contributed by atoms with van der Waals surface area (Å²) in [4.78, 5) is 13.8. The van der Waals surface area contributed by atoms with Crippen molar-refractivity contribution >= 4 is 38.9 Å². The standard InChI is InChI=1S/C20H21ClF3N3O4S/c1-26(32(29,30)16-6-7-18(21)17(12-16)20(22,23)24)13-19(28)25-14-2-4-15(5-3-14)27-8-10-31-11-9-27/h2-7,12H,8-11,13H2,1H3,(H,25,28). The van der Waals surface area contributed by atoms with Gasteiger partial charge in [0.1, 0.15) is 0 Å². The topological polar surface area (TPSA) is 79.0 Å². The lowest BCUT2D eigenvalue weighted by atomic mass is 10.2. The van der Waals surface area contributed by atoms with Gasteiger partial charge in [0.25, 0.3) is 0 Å². The lowest BCUT2D eigenvalue weighted by Crippen LogP contribution is -2.36. The molecule has 0 aliphatic carbocycles. The second-order valence-corrected chi connectivity index (χ2v) is 9.55. The number of halogens is 4. The van der Waals surface area contributed by atoms with Gasteiger partial charge in [-0.2, -0.15) is 17.5 Å². The second-order valence-electron chi connectivity index (χ2n) is 7.09. The number of morpholine rings is 1. The van der Waals surface area contributed by atoms with Gasteiger partial charge < -0.3 is 15.0 Å². The minimum absolute atomic E-state index is 0.455. The Hall–Kier alpha value is -2.34. The molecule has 32 heavy (non-hydrogen) atoms. The number of anilines is 2. The van der Waals surface area contributed by atoms with E-state index in [1.165, 1.54) is 0 Å². The molecule has 1 amide bonds. The van der Waals surface area contributed by atoms with E-state index in [4.69, 9.17) is 16.3 Å². The Morgan fingerprint density at radius 2 is 1.78 bits per heavy atom. The first-order valence-electron chi connectivity index (χ1n) is 9.54. The maximum Gasteiger partial charge on any atom is 0.417 e. The molecule has 2 aromatic rings. The lowest BCUT2D eigenvalue weighted by molar-refractivity contribution is -0.137. The van der Waals surface area contributed by atoms with Crippen LogP contribution in [0.15, 0.2) is 47.4 Å². The summed E-state index contributed by atoms with van der Waals surface area (Å²) in [5.74, 6) is -0.639. The Labute approximate surface area is 188 Å². The predicted octanol–water partition coefficient (Wildman–Crippen LogP) is 3.45. The summed E-state index contributed by atoms with van der Waals surface area (Å²) in [7, 11) is -3.24. The fourth-order valence-electron chi connectivity index (χ4n) is 3.13. The number of hydrogen-bond acceptors (Lipinski definition) is 5. The van der Waals surface area contributed by atoms with Crippen LogP contribution in [-0.4, -0.2) is 58.5 Å². The summed E-state index contributed by atoms with van der Waals surface area (Å²) in [5, 5.41) is 1.97. The summed E-state index contributed by atoms with van der Waals surface area (Å²) < 4.78 is 70.4. The Morgan fingerprint density at radius 1 is 1.16 bits per heavy atom. The molecule has 0 bridgehead atoms. The third-order valence-electron chi connectivity index (χ3n) is 4.84. The maximum atomic E-state index is 13.1. The van der Waals surface area contributed by atoms with Crippen LogP contribution < -0.4 is 10.2 Å². The smallest absolute Gasteiger partial charge is 0.378 e. The number of carbonyl (C=O) groups excluding carboxylic acids is 1. The zero-order valence-corrected chi connectivity index (χ0v) is 18.6. The number of nitrogens with one attached hydrogen (secondary N) is 1. The quantitative estimate of drug-likeness (QED) is 0.669. The van der Waals surface area contributed by atoms with Crippen molar-refractivity contribution < 1.29 is 31.1 Å². The average Bonchev–Trinajstić information content (AvgIpc) is 2.74. The number of ether oxygens (including phenoxy) is 1. The fraction of sp³-hybridized carbons (Fsp3) is 0.350. The molecule has 12 heteroatoms. The molecule has 0 unspecified atom stereocenters. The number of hydrogen-bond donors (Lipinski definition) is 1. The van der Waals surface area contributed by atoms with Gasteiger partial charge in [-0.1, -0.05) is 11.6 Å². The van der Waals surface area contributed by atoms with Crippen molar-refractivity contribution in [2.45, 2.75) is 11.1 Å². The molecule has 0 aromatic heterocycles. The first-order chi connectivity index (χ1) is 15.0. The first-order valence-corrected chi connectivity index (χ1v) is 11.4. The van der Waals surface area contributed by atoms with E-state index in [1.54, 1.807) is 12.1 Å². The van der Waals surface area contributed by atoms with Gasteiger partial charge in [0.05, 0.1) is 35.2 Å². The van der Waals surface area contributed by atoms with Crippen molar-refractivity contribution in [1.82, 2.24) is 4.31 Å². The summed E-state index contributed by atoms with van der Waals surface area (Å²) >= 11 is 5.54. The van der Waals surface area contributed by atoms with Gasteiger partial charge in [-0.25, -0.2) is 8.42 Å². The Balaban J connectivity index is 1.66. The highest BCUT2D eigenvalue weighted by atomic mass is 35.5. The third kappa shape index (κ3) is 5.71. The van der Waals surface area contributed by atoms with Crippen molar-refractivity contribution in [3.05, 3.63) is 53.1 Å². The van der Waals surface area contributed by atoms with Crippen LogP contribution in [0.4, 0.5) is 24.5 Å². The number of amides is 1. The molecule has 174 valence electrons. The van der Waals surface area contributed by atoms with Crippen molar-refractivity contribution in [2.24, 2.45) is 0 Å². The summed E-state index contributed by atoms with van der Waals surface area (Å²) in [6.07, 6.45) is -4.81. The van der Waals surface area contributed by atoms with Crippen LogP contribution in [0.1, 0.15) is 5.56 Å². The van der Waals surface area contributed by atoms with Crippen LogP contribution in [0.3, 0.4) is 0 Å². The van der Waals surface area contributed by atoms with E-state index >= 15 is 0 Å². The minimum atomic E-state index is -4.81. The maximum absolute atomic E-state index is 13.1. The van der Waals surface area contributed by atoms with Gasteiger partial charge in [0.2, 0.25) is 15.9 Å². The Kier molecular flexibility index (Phi) is 7.33. The number of benzene rings is 2. The van der Waals surface area contributed by atoms with Crippen molar-refractivity contribution in [3.8, 4) is 0 Å². The van der Waals surface area contributed by atoms with Crippen molar-refractivity contribution in [2.75, 3.05) is 50.1 Å². The van der Waals surface area contributed by atoms with E-state index in [-0.39, 0.29) is 0 Å². The molecule has 0 saturated carbocycles. The van der Waals surface area contributed by atoms with E-state index in [0.717, 1.165) is 38.0 Å². The Bertz CT molecular complexity index is 1070. The average molecular weight is 492 g/mol. The Morgan fingerprint density at radius 3 is 2.38 bits per heavy atom. The summed E-state index contributed by atoms with van der Waals surface area (Å²) in [6, 6.07) is 9.31. The molecule has 1 heterocycles. The molecular weight excluding hydrogens is 471 g/mol. The largest absolute Gasteiger partial charge is 0.417 e. The van der Waals surface area contributed by atoms with E-state index in [0.29, 0.717) is 29.3 Å². The molecule has 1 aliphatic heterocycles. The first kappa shape index (κ1) is 24.3. The van der Waals surface area contributed by atoms with Crippen LogP contribution in [0.5, 0.6) is 0 Å². The van der Waals surface area contributed by atoms with Crippen molar-refractivity contribution in [3.63, 3.8) is 0 Å². The van der Waals surface area contributed by atoms with Crippen LogP contribution in [0.25, 0.3) is 0 Å². The lowest BCUT2D eigenvalue weighted by Gasteiger charge is -2.28. The number of rotatable bonds is 6. The van der Waals surface area contributed by atoms with Crippen LogP contribution >= 0.6 is 11.6 Å². The van der Waals surface area contributed by atoms with Gasteiger partial charge in [-0.05, 0) is 42.5 Å². The number of carbonyl (C=O) groups is 1. The molecular formula is C20H21ClF3N3O4S. The van der Waals surface area contributed by atoms with Crippen LogP contribution in [0.2, 0.25) is 5.02 Å². The van der Waals surface area contributed by atoms with Gasteiger partial charge >= 0.3 is 6.18 Å². The summed E-state index contributed by atoms with van der Waals surface area (Å²) in [6.45, 7) is 2.20. The van der Waals surface area contributed by atoms with E-state index in [2.05, 4.69) is 10.2 Å². The molecule has 0 radical (unpaired) electrons. The molecule has 1 fully saturated rings. The zero-order valence-electron chi connectivity index (χ0n) is 17.0. The van der Waals surface area contributed by atoms with Gasteiger partial charge in [0.15, 0.2) is 0 Å². The molecule has 0 spiro atoms. The molecule has 1 N–H and O–H groups in total. The minimum Gasteiger partial charge on any atom is -0.378 e. The molecule has 7 nitrogen and oxygen atoms in total. The van der Waals surface area contributed by atoms with Gasteiger partial charge in [-0.15, -0.1) is 0 Å². The molecule has 1 aliphatic rings. The number of sulfonamides is 1.